The van der Waals surface area contributed by atoms with Gasteiger partial charge in [0.15, 0.2) is 0 Å². The molecule has 0 aliphatic rings. The molecule has 1 rings (SSSR count). The van der Waals surface area contributed by atoms with Crippen molar-refractivity contribution >= 4 is 12.6 Å². The van der Waals surface area contributed by atoms with Crippen LogP contribution in [0, 0.1) is 13.8 Å². The van der Waals surface area contributed by atoms with Gasteiger partial charge in [-0.25, -0.2) is 0 Å². The molecular weight excluding hydrogens is 135 g/mol. The zero-order valence-corrected chi connectivity index (χ0v) is 7.46. The Morgan fingerprint density at radius 2 is 1.80 bits per heavy atom. The van der Waals surface area contributed by atoms with Gasteiger partial charge in [0.25, 0.3) is 0 Å². The third-order valence-electron chi connectivity index (χ3n) is 1.34. The molecule has 0 N–H and O–H groups in total. The maximum absolute atomic E-state index is 5.04. The molecule has 0 spiro atoms. The molecular formula is C8H9LiS. The monoisotopic (exact) mass is 144 g/mol. The Bertz CT molecular complexity index is 220. The fraction of sp³-hybridized carbons (Fsp3) is 0.250. The van der Waals surface area contributed by atoms with Crippen LogP contribution in [0.4, 0.5) is 0 Å². The van der Waals surface area contributed by atoms with Crippen LogP contribution in [0.5, 0.6) is 0 Å². The van der Waals surface area contributed by atoms with Gasteiger partial charge in [-0.3, -0.25) is 0 Å². The molecule has 2 heteroatoms. The molecule has 1 aromatic rings. The summed E-state index contributed by atoms with van der Waals surface area (Å²) in [5.41, 5.74) is 2.43. The Morgan fingerprint density at radius 3 is 2.20 bits per heavy atom. The SMILES string of the molecule is Cc1ccc(C)c([S-])c1.[Li+]. The second kappa shape index (κ2) is 4.03. The smallest absolute Gasteiger partial charge is 0.779 e. The molecule has 0 aliphatic carbocycles. The van der Waals surface area contributed by atoms with Crippen molar-refractivity contribution in [3.8, 4) is 0 Å². The Balaban J connectivity index is 0.000000810. The van der Waals surface area contributed by atoms with E-state index in [-0.39, 0.29) is 18.9 Å². The first-order valence-corrected chi connectivity index (χ1v) is 3.35. The molecule has 48 valence electrons. The topological polar surface area (TPSA) is 0 Å². The Morgan fingerprint density at radius 1 is 1.20 bits per heavy atom. The minimum absolute atomic E-state index is 0. The Kier molecular flexibility index (Phi) is 4.04. The van der Waals surface area contributed by atoms with Gasteiger partial charge in [0, 0.05) is 0 Å². The van der Waals surface area contributed by atoms with Crippen molar-refractivity contribution in [2.45, 2.75) is 18.7 Å². The fourth-order valence-electron chi connectivity index (χ4n) is 0.707. The van der Waals surface area contributed by atoms with Gasteiger partial charge in [0.2, 0.25) is 0 Å². The maximum Gasteiger partial charge on any atom is 1.00 e. The van der Waals surface area contributed by atoms with Crippen LogP contribution in [0.1, 0.15) is 11.1 Å². The van der Waals surface area contributed by atoms with Crippen LogP contribution in [-0.2, 0) is 12.6 Å². The van der Waals surface area contributed by atoms with Gasteiger partial charge in [-0.1, -0.05) is 29.3 Å². The quantitative estimate of drug-likeness (QED) is 0.340. The normalized spacial score (nSPS) is 8.60. The molecule has 0 nitrogen and oxygen atoms in total. The maximum atomic E-state index is 5.04. The summed E-state index contributed by atoms with van der Waals surface area (Å²) in [6.45, 7) is 4.08. The van der Waals surface area contributed by atoms with Gasteiger partial charge < -0.3 is 12.6 Å². The van der Waals surface area contributed by atoms with Gasteiger partial charge in [-0.15, -0.1) is 0 Å². The summed E-state index contributed by atoms with van der Waals surface area (Å²) >= 11 is 5.04. The number of benzene rings is 1. The van der Waals surface area contributed by atoms with E-state index < -0.39 is 0 Å². The van der Waals surface area contributed by atoms with Crippen LogP contribution in [-0.4, -0.2) is 0 Å². The first-order chi connectivity index (χ1) is 4.20. The summed E-state index contributed by atoms with van der Waals surface area (Å²) in [4.78, 5) is 0.968. The predicted molar refractivity (Wildman–Crippen MR) is 41.5 cm³/mol. The molecule has 0 saturated heterocycles. The molecule has 0 atom stereocenters. The summed E-state index contributed by atoms with van der Waals surface area (Å²) in [6.07, 6.45) is 0. The minimum atomic E-state index is 0. The summed E-state index contributed by atoms with van der Waals surface area (Å²) in [6, 6.07) is 6.15. The van der Waals surface area contributed by atoms with E-state index in [2.05, 4.69) is 19.1 Å². The molecule has 0 aliphatic heterocycles. The van der Waals surface area contributed by atoms with Crippen molar-refractivity contribution in [1.82, 2.24) is 0 Å². The van der Waals surface area contributed by atoms with E-state index >= 15 is 0 Å². The molecule has 0 bridgehead atoms. The molecule has 10 heavy (non-hydrogen) atoms. The van der Waals surface area contributed by atoms with Gasteiger partial charge in [0.05, 0.1) is 0 Å². The predicted octanol–water partition coefficient (Wildman–Crippen LogP) is -0.787. The molecule has 0 fully saturated rings. The van der Waals surface area contributed by atoms with Crippen molar-refractivity contribution < 1.29 is 18.9 Å². The van der Waals surface area contributed by atoms with Gasteiger partial charge in [0.1, 0.15) is 0 Å². The van der Waals surface area contributed by atoms with E-state index in [1.54, 1.807) is 0 Å². The summed E-state index contributed by atoms with van der Waals surface area (Å²) in [5, 5.41) is 0. The number of aryl methyl sites for hydroxylation is 2. The zero-order valence-electron chi connectivity index (χ0n) is 6.64. The van der Waals surface area contributed by atoms with Crippen LogP contribution in [0.3, 0.4) is 0 Å². The average molecular weight is 144 g/mol. The van der Waals surface area contributed by atoms with Crippen molar-refractivity contribution in [3.05, 3.63) is 29.3 Å². The largest absolute Gasteiger partial charge is 1.00 e. The first kappa shape index (κ1) is 10.0. The second-order valence-corrected chi connectivity index (χ2v) is 2.71. The van der Waals surface area contributed by atoms with Crippen LogP contribution in [0.2, 0.25) is 0 Å². The van der Waals surface area contributed by atoms with Crippen LogP contribution in [0.25, 0.3) is 0 Å². The van der Waals surface area contributed by atoms with E-state index in [1.807, 2.05) is 13.0 Å². The third kappa shape index (κ3) is 2.34. The third-order valence-corrected chi connectivity index (χ3v) is 1.78. The van der Waals surface area contributed by atoms with E-state index in [4.69, 9.17) is 12.6 Å². The van der Waals surface area contributed by atoms with Crippen molar-refractivity contribution in [1.29, 1.82) is 0 Å². The second-order valence-electron chi connectivity index (χ2n) is 2.27. The van der Waals surface area contributed by atoms with Crippen molar-refractivity contribution in [2.75, 3.05) is 0 Å². The van der Waals surface area contributed by atoms with Crippen LogP contribution >= 0.6 is 0 Å². The number of hydrogen-bond acceptors (Lipinski definition) is 1. The molecule has 0 heterocycles. The molecule has 0 saturated carbocycles. The average Bonchev–Trinajstić information content (AvgIpc) is 1.80. The van der Waals surface area contributed by atoms with Gasteiger partial charge in [-0.2, -0.15) is 4.90 Å². The molecule has 0 radical (unpaired) electrons. The standard InChI is InChI=1S/C8H10S.Li/c1-6-3-4-7(2)8(9)5-6;/h3-5,9H,1-2H3;/q;+1/p-1. The summed E-state index contributed by atoms with van der Waals surface area (Å²) < 4.78 is 0. The van der Waals surface area contributed by atoms with E-state index in [0.29, 0.717) is 0 Å². The van der Waals surface area contributed by atoms with Gasteiger partial charge >= 0.3 is 18.9 Å². The summed E-state index contributed by atoms with van der Waals surface area (Å²) in [7, 11) is 0. The minimum Gasteiger partial charge on any atom is -0.779 e. The summed E-state index contributed by atoms with van der Waals surface area (Å²) in [5.74, 6) is 0. The van der Waals surface area contributed by atoms with E-state index in [1.165, 1.54) is 11.1 Å². The van der Waals surface area contributed by atoms with Crippen LogP contribution < -0.4 is 18.9 Å². The molecule has 0 unspecified atom stereocenters. The molecule has 1 aromatic carbocycles. The molecule has 0 aromatic heterocycles. The fourth-order valence-corrected chi connectivity index (χ4v) is 0.961. The molecule has 0 amide bonds. The zero-order chi connectivity index (χ0) is 6.85. The van der Waals surface area contributed by atoms with E-state index in [9.17, 15) is 0 Å². The number of hydrogen-bond donors (Lipinski definition) is 0. The van der Waals surface area contributed by atoms with Crippen molar-refractivity contribution in [2.24, 2.45) is 0 Å². The number of rotatable bonds is 0. The Labute approximate surface area is 79.6 Å². The van der Waals surface area contributed by atoms with E-state index in [0.717, 1.165) is 4.90 Å². The van der Waals surface area contributed by atoms with Crippen molar-refractivity contribution in [3.63, 3.8) is 0 Å². The first-order valence-electron chi connectivity index (χ1n) is 2.94. The van der Waals surface area contributed by atoms with Crippen LogP contribution in [0.15, 0.2) is 23.1 Å². The van der Waals surface area contributed by atoms with Gasteiger partial charge in [-0.05, 0) is 13.8 Å². The Hall–Kier alpha value is 0.0374.